The lowest BCUT2D eigenvalue weighted by atomic mass is 10.00. The van der Waals surface area contributed by atoms with Crippen LogP contribution in [-0.4, -0.2) is 29.3 Å². The quantitative estimate of drug-likeness (QED) is 0.807. The van der Waals surface area contributed by atoms with Gasteiger partial charge in [0.25, 0.3) is 5.91 Å². The van der Waals surface area contributed by atoms with E-state index in [1.54, 1.807) is 18.2 Å². The zero-order valence-electron chi connectivity index (χ0n) is 10.4. The molecule has 0 aliphatic carbocycles. The number of benzene rings is 1. The molecule has 1 fully saturated rings. The Labute approximate surface area is 120 Å². The first-order valence-electron chi connectivity index (χ1n) is 6.16. The molecule has 0 radical (unpaired) electrons. The number of likely N-dealkylation sites (tertiary alicyclic amines) is 1. The van der Waals surface area contributed by atoms with E-state index in [0.717, 1.165) is 17.3 Å². The SMILES string of the molecule is NC(=O)C1CCCCN1C(=O)c1cc(Br)ccc1N. The lowest BCUT2D eigenvalue weighted by Crippen LogP contribution is -2.50. The smallest absolute Gasteiger partial charge is 0.256 e. The van der Waals surface area contributed by atoms with E-state index < -0.39 is 11.9 Å². The van der Waals surface area contributed by atoms with Crippen molar-refractivity contribution < 1.29 is 9.59 Å². The van der Waals surface area contributed by atoms with Crippen molar-refractivity contribution in [1.82, 2.24) is 4.90 Å². The number of nitrogens with zero attached hydrogens (tertiary/aromatic N) is 1. The second kappa shape index (κ2) is 5.61. The van der Waals surface area contributed by atoms with Crippen LogP contribution < -0.4 is 11.5 Å². The second-order valence-corrected chi connectivity index (χ2v) is 5.56. The van der Waals surface area contributed by atoms with Crippen molar-refractivity contribution >= 4 is 33.4 Å². The molecular formula is C13H16BrN3O2. The Morgan fingerprint density at radius 1 is 1.32 bits per heavy atom. The van der Waals surface area contributed by atoms with Crippen molar-refractivity contribution in [3.05, 3.63) is 28.2 Å². The third-order valence-electron chi connectivity index (χ3n) is 3.34. The summed E-state index contributed by atoms with van der Waals surface area (Å²) >= 11 is 3.31. The van der Waals surface area contributed by atoms with Crippen molar-refractivity contribution in [2.24, 2.45) is 5.73 Å². The van der Waals surface area contributed by atoms with E-state index in [2.05, 4.69) is 15.9 Å². The third kappa shape index (κ3) is 2.89. The molecular weight excluding hydrogens is 310 g/mol. The number of hydrogen-bond donors (Lipinski definition) is 2. The average molecular weight is 326 g/mol. The zero-order valence-corrected chi connectivity index (χ0v) is 12.0. The zero-order chi connectivity index (χ0) is 14.0. The molecule has 1 saturated heterocycles. The minimum absolute atomic E-state index is 0.234. The van der Waals surface area contributed by atoms with Crippen LogP contribution in [0.15, 0.2) is 22.7 Å². The van der Waals surface area contributed by atoms with E-state index in [-0.39, 0.29) is 5.91 Å². The second-order valence-electron chi connectivity index (χ2n) is 4.64. The van der Waals surface area contributed by atoms with Gasteiger partial charge in [0.2, 0.25) is 5.91 Å². The van der Waals surface area contributed by atoms with Gasteiger partial charge in [0.1, 0.15) is 6.04 Å². The standard InChI is InChI=1S/C13H16BrN3O2/c14-8-4-5-10(15)9(7-8)13(19)17-6-2-1-3-11(17)12(16)18/h4-5,7,11H,1-3,6,15H2,(H2,16,18). The maximum Gasteiger partial charge on any atom is 0.256 e. The van der Waals surface area contributed by atoms with Gasteiger partial charge >= 0.3 is 0 Å². The highest BCUT2D eigenvalue weighted by atomic mass is 79.9. The molecule has 5 nitrogen and oxygen atoms in total. The number of hydrogen-bond acceptors (Lipinski definition) is 3. The Morgan fingerprint density at radius 3 is 2.74 bits per heavy atom. The molecule has 2 amide bonds. The molecule has 1 aromatic rings. The number of carbonyl (C=O) groups is 2. The molecule has 1 aliphatic rings. The molecule has 0 aromatic heterocycles. The number of piperidine rings is 1. The van der Waals surface area contributed by atoms with E-state index in [1.807, 2.05) is 0 Å². The molecule has 2 rings (SSSR count). The molecule has 1 unspecified atom stereocenters. The molecule has 1 aromatic carbocycles. The summed E-state index contributed by atoms with van der Waals surface area (Å²) in [4.78, 5) is 25.5. The van der Waals surface area contributed by atoms with Crippen LogP contribution in [0.4, 0.5) is 5.69 Å². The van der Waals surface area contributed by atoms with Gasteiger partial charge in [-0.2, -0.15) is 0 Å². The lowest BCUT2D eigenvalue weighted by molar-refractivity contribution is -0.123. The number of nitrogen functional groups attached to an aromatic ring is 1. The van der Waals surface area contributed by atoms with Crippen molar-refractivity contribution in [3.63, 3.8) is 0 Å². The van der Waals surface area contributed by atoms with E-state index in [4.69, 9.17) is 11.5 Å². The van der Waals surface area contributed by atoms with E-state index in [0.29, 0.717) is 24.2 Å². The average Bonchev–Trinajstić information content (AvgIpc) is 2.40. The minimum atomic E-state index is -0.528. The topological polar surface area (TPSA) is 89.4 Å². The van der Waals surface area contributed by atoms with Crippen LogP contribution in [-0.2, 0) is 4.79 Å². The molecule has 6 heteroatoms. The first-order valence-corrected chi connectivity index (χ1v) is 6.95. The normalized spacial score (nSPS) is 19.2. The molecule has 1 heterocycles. The van der Waals surface area contributed by atoms with Crippen molar-refractivity contribution in [2.75, 3.05) is 12.3 Å². The van der Waals surface area contributed by atoms with E-state index >= 15 is 0 Å². The Kier molecular flexibility index (Phi) is 4.09. The summed E-state index contributed by atoms with van der Waals surface area (Å²) in [5, 5.41) is 0. The van der Waals surface area contributed by atoms with Crippen LogP contribution >= 0.6 is 15.9 Å². The Bertz CT molecular complexity index is 519. The van der Waals surface area contributed by atoms with Crippen LogP contribution in [0.3, 0.4) is 0 Å². The number of amides is 2. The highest BCUT2D eigenvalue weighted by Crippen LogP contribution is 2.24. The number of anilines is 1. The molecule has 0 saturated carbocycles. The summed E-state index contributed by atoms with van der Waals surface area (Å²) in [6.45, 7) is 0.540. The minimum Gasteiger partial charge on any atom is -0.398 e. The largest absolute Gasteiger partial charge is 0.398 e. The summed E-state index contributed by atoms with van der Waals surface area (Å²) in [6, 6.07) is 4.58. The Hall–Kier alpha value is -1.56. The predicted molar refractivity (Wildman–Crippen MR) is 76.4 cm³/mol. The first kappa shape index (κ1) is 13.9. The van der Waals surface area contributed by atoms with E-state index in [9.17, 15) is 9.59 Å². The Morgan fingerprint density at radius 2 is 2.05 bits per heavy atom. The van der Waals surface area contributed by atoms with Crippen LogP contribution in [0.5, 0.6) is 0 Å². The summed E-state index contributed by atoms with van der Waals surface area (Å²) in [5.41, 5.74) is 12.0. The van der Waals surface area contributed by atoms with Gasteiger partial charge in [-0.3, -0.25) is 9.59 Å². The van der Waals surface area contributed by atoms with Gasteiger partial charge in [0.05, 0.1) is 5.56 Å². The molecule has 4 N–H and O–H groups in total. The van der Waals surface area contributed by atoms with Gasteiger partial charge in [-0.25, -0.2) is 0 Å². The summed E-state index contributed by atoms with van der Waals surface area (Å²) in [5.74, 6) is -0.691. The van der Waals surface area contributed by atoms with Gasteiger partial charge < -0.3 is 16.4 Å². The van der Waals surface area contributed by atoms with Crippen molar-refractivity contribution in [2.45, 2.75) is 25.3 Å². The maximum absolute atomic E-state index is 12.5. The molecule has 1 atom stereocenters. The first-order chi connectivity index (χ1) is 9.00. The number of primary amides is 1. The fourth-order valence-electron chi connectivity index (χ4n) is 2.34. The monoisotopic (exact) mass is 325 g/mol. The van der Waals surface area contributed by atoms with Crippen LogP contribution in [0, 0.1) is 0 Å². The Balaban J connectivity index is 2.31. The molecule has 102 valence electrons. The highest BCUT2D eigenvalue weighted by Gasteiger charge is 2.31. The summed E-state index contributed by atoms with van der Waals surface area (Å²) in [7, 11) is 0. The van der Waals surface area contributed by atoms with Gasteiger partial charge in [0, 0.05) is 16.7 Å². The molecule has 0 bridgehead atoms. The summed E-state index contributed by atoms with van der Waals surface area (Å²) in [6.07, 6.45) is 2.41. The van der Waals surface area contributed by atoms with Gasteiger partial charge in [-0.05, 0) is 37.5 Å². The molecule has 19 heavy (non-hydrogen) atoms. The fraction of sp³-hybridized carbons (Fsp3) is 0.385. The van der Waals surface area contributed by atoms with Gasteiger partial charge in [-0.1, -0.05) is 15.9 Å². The van der Waals surface area contributed by atoms with Crippen molar-refractivity contribution in [3.8, 4) is 0 Å². The van der Waals surface area contributed by atoms with Crippen LogP contribution in [0.1, 0.15) is 29.6 Å². The van der Waals surface area contributed by atoms with Gasteiger partial charge in [-0.15, -0.1) is 0 Å². The number of carbonyl (C=O) groups excluding carboxylic acids is 2. The maximum atomic E-state index is 12.5. The number of halogens is 1. The lowest BCUT2D eigenvalue weighted by Gasteiger charge is -2.34. The van der Waals surface area contributed by atoms with Crippen LogP contribution in [0.2, 0.25) is 0 Å². The highest BCUT2D eigenvalue weighted by molar-refractivity contribution is 9.10. The van der Waals surface area contributed by atoms with Crippen molar-refractivity contribution in [1.29, 1.82) is 0 Å². The van der Waals surface area contributed by atoms with Gasteiger partial charge in [0.15, 0.2) is 0 Å². The molecule has 0 spiro atoms. The predicted octanol–water partition coefficient (Wildman–Crippen LogP) is 1.51. The summed E-state index contributed by atoms with van der Waals surface area (Å²) < 4.78 is 0.776. The number of nitrogens with two attached hydrogens (primary N) is 2. The third-order valence-corrected chi connectivity index (χ3v) is 3.83. The molecule has 1 aliphatic heterocycles. The van der Waals surface area contributed by atoms with E-state index in [1.165, 1.54) is 4.90 Å². The number of rotatable bonds is 2. The van der Waals surface area contributed by atoms with Crippen LogP contribution in [0.25, 0.3) is 0 Å². The fourth-order valence-corrected chi connectivity index (χ4v) is 2.70.